The van der Waals surface area contributed by atoms with Crippen molar-refractivity contribution in [1.29, 1.82) is 0 Å². The molecule has 1 aliphatic carbocycles. The maximum absolute atomic E-state index is 13.7. The molecule has 148 valence electrons. The lowest BCUT2D eigenvalue weighted by Crippen LogP contribution is -2.61. The predicted octanol–water partition coefficient (Wildman–Crippen LogP) is 0.519. The van der Waals surface area contributed by atoms with Crippen LogP contribution in [0.5, 0.6) is 0 Å². The lowest BCUT2D eigenvalue weighted by molar-refractivity contribution is -0.140. The van der Waals surface area contributed by atoms with E-state index in [2.05, 4.69) is 28.0 Å². The molecule has 3 fully saturated rings. The van der Waals surface area contributed by atoms with Crippen LogP contribution in [0.25, 0.3) is 0 Å². The molecule has 2 amide bonds. The van der Waals surface area contributed by atoms with Crippen molar-refractivity contribution in [3.8, 4) is 0 Å². The van der Waals surface area contributed by atoms with Crippen LogP contribution in [-0.4, -0.2) is 72.8 Å². The molecular formula is C18H32FN5O2. The van der Waals surface area contributed by atoms with Gasteiger partial charge in [0.25, 0.3) is 0 Å². The van der Waals surface area contributed by atoms with Gasteiger partial charge in [-0.3, -0.25) is 24.8 Å². The Hall–Kier alpha value is -1.25. The van der Waals surface area contributed by atoms with E-state index in [0.717, 1.165) is 32.2 Å². The summed E-state index contributed by atoms with van der Waals surface area (Å²) in [5, 5.41) is 7.85. The Morgan fingerprint density at radius 3 is 2.69 bits per heavy atom. The maximum Gasteiger partial charge on any atom is 0.240 e. The molecule has 0 spiro atoms. The minimum atomic E-state index is -0.659. The smallest absolute Gasteiger partial charge is 0.240 e. The zero-order valence-electron chi connectivity index (χ0n) is 15.8. The van der Waals surface area contributed by atoms with Crippen molar-refractivity contribution in [2.45, 2.75) is 81.8 Å². The normalized spacial score (nSPS) is 36.2. The third-order valence-electron chi connectivity index (χ3n) is 6.13. The molecule has 3 rings (SSSR count). The van der Waals surface area contributed by atoms with Gasteiger partial charge >= 0.3 is 0 Å². The van der Waals surface area contributed by atoms with E-state index < -0.39 is 6.17 Å². The summed E-state index contributed by atoms with van der Waals surface area (Å²) in [6.45, 7) is 0.797. The zero-order chi connectivity index (χ0) is 18.7. The number of piperidine rings is 1. The minimum absolute atomic E-state index is 0.00829. The molecule has 0 aromatic rings. The fourth-order valence-corrected chi connectivity index (χ4v) is 4.35. The van der Waals surface area contributed by atoms with E-state index in [4.69, 9.17) is 0 Å². The van der Waals surface area contributed by atoms with Crippen LogP contribution < -0.4 is 16.1 Å². The van der Waals surface area contributed by atoms with Crippen molar-refractivity contribution in [3.05, 3.63) is 0 Å². The molecule has 2 saturated heterocycles. The molecule has 1 saturated carbocycles. The number of alkyl halides is 1. The van der Waals surface area contributed by atoms with Crippen LogP contribution in [0.3, 0.4) is 0 Å². The van der Waals surface area contributed by atoms with Gasteiger partial charge in [0.05, 0.1) is 6.17 Å². The standard InChI is InChI=1S/C18H32FN5O2/c1-23(13-5-3-4-12(19)10-13)14-6-8-16(20-11-14)21-18(26)15-7-9-17(25)24(2)22-15/h12-16,20,22H,3-11H2,1-2H3,(H,21,26). The Morgan fingerprint density at radius 2 is 2.04 bits per heavy atom. The number of hydrazine groups is 1. The summed E-state index contributed by atoms with van der Waals surface area (Å²) in [6, 6.07) is 0.356. The molecule has 0 radical (unpaired) electrons. The number of nitrogens with zero attached hydrogens (tertiary/aromatic N) is 2. The fourth-order valence-electron chi connectivity index (χ4n) is 4.35. The molecule has 0 aromatic heterocycles. The molecule has 3 N–H and O–H groups in total. The van der Waals surface area contributed by atoms with Crippen molar-refractivity contribution in [1.82, 2.24) is 26.0 Å². The van der Waals surface area contributed by atoms with E-state index in [1.54, 1.807) is 7.05 Å². The molecule has 8 heteroatoms. The summed E-state index contributed by atoms with van der Waals surface area (Å²) in [7, 11) is 3.75. The molecule has 2 aliphatic heterocycles. The molecule has 7 nitrogen and oxygen atoms in total. The lowest BCUT2D eigenvalue weighted by Gasteiger charge is -2.42. The summed E-state index contributed by atoms with van der Waals surface area (Å²) in [5.41, 5.74) is 2.93. The minimum Gasteiger partial charge on any atom is -0.339 e. The van der Waals surface area contributed by atoms with Crippen LogP contribution in [0.1, 0.15) is 51.4 Å². The van der Waals surface area contributed by atoms with Crippen molar-refractivity contribution in [2.24, 2.45) is 0 Å². The quantitative estimate of drug-likeness (QED) is 0.674. The number of carbonyl (C=O) groups excluding carboxylic acids is 2. The van der Waals surface area contributed by atoms with Crippen LogP contribution in [0, 0.1) is 0 Å². The number of likely N-dealkylation sites (N-methyl/N-ethyl adjacent to an activating group) is 1. The highest BCUT2D eigenvalue weighted by Crippen LogP contribution is 2.27. The topological polar surface area (TPSA) is 76.7 Å². The van der Waals surface area contributed by atoms with Crippen LogP contribution >= 0.6 is 0 Å². The average Bonchev–Trinajstić information content (AvgIpc) is 2.64. The van der Waals surface area contributed by atoms with Crippen LogP contribution in [0.2, 0.25) is 0 Å². The van der Waals surface area contributed by atoms with Gasteiger partial charge < -0.3 is 5.32 Å². The van der Waals surface area contributed by atoms with E-state index in [-0.39, 0.29) is 24.0 Å². The highest BCUT2D eigenvalue weighted by molar-refractivity contribution is 5.85. The fraction of sp³-hybridized carbons (Fsp3) is 0.889. The van der Waals surface area contributed by atoms with E-state index in [0.29, 0.717) is 37.8 Å². The first kappa shape index (κ1) is 19.5. The van der Waals surface area contributed by atoms with Gasteiger partial charge in [-0.25, -0.2) is 9.82 Å². The van der Waals surface area contributed by atoms with E-state index in [1.807, 2.05) is 0 Å². The number of hydrogen-bond acceptors (Lipinski definition) is 5. The van der Waals surface area contributed by atoms with E-state index >= 15 is 0 Å². The first-order valence-electron chi connectivity index (χ1n) is 9.86. The largest absolute Gasteiger partial charge is 0.339 e. The second-order valence-corrected chi connectivity index (χ2v) is 7.96. The zero-order valence-corrected chi connectivity index (χ0v) is 15.8. The second-order valence-electron chi connectivity index (χ2n) is 7.96. The lowest BCUT2D eigenvalue weighted by atomic mass is 9.91. The summed E-state index contributed by atoms with van der Waals surface area (Å²) < 4.78 is 13.7. The third kappa shape index (κ3) is 4.72. The van der Waals surface area contributed by atoms with Gasteiger partial charge in [-0.2, -0.15) is 0 Å². The third-order valence-corrected chi connectivity index (χ3v) is 6.13. The van der Waals surface area contributed by atoms with Crippen molar-refractivity contribution < 1.29 is 14.0 Å². The van der Waals surface area contributed by atoms with Crippen molar-refractivity contribution in [2.75, 3.05) is 20.6 Å². The van der Waals surface area contributed by atoms with Crippen molar-refractivity contribution in [3.63, 3.8) is 0 Å². The van der Waals surface area contributed by atoms with E-state index in [1.165, 1.54) is 5.01 Å². The van der Waals surface area contributed by atoms with E-state index in [9.17, 15) is 14.0 Å². The number of rotatable bonds is 4. The molecule has 0 bridgehead atoms. The summed E-state index contributed by atoms with van der Waals surface area (Å²) in [4.78, 5) is 26.2. The molecule has 5 unspecified atom stereocenters. The van der Waals surface area contributed by atoms with Gasteiger partial charge in [-0.15, -0.1) is 0 Å². The highest BCUT2D eigenvalue weighted by Gasteiger charge is 2.33. The predicted molar refractivity (Wildman–Crippen MR) is 96.8 cm³/mol. The number of carbonyl (C=O) groups is 2. The summed E-state index contributed by atoms with van der Waals surface area (Å²) >= 11 is 0. The first-order chi connectivity index (χ1) is 12.4. The summed E-state index contributed by atoms with van der Waals surface area (Å²) in [5.74, 6) is -0.0600. The maximum atomic E-state index is 13.7. The first-order valence-corrected chi connectivity index (χ1v) is 9.86. The SMILES string of the molecule is CN1NC(C(=O)NC2CCC(N(C)C3CCCC(F)C3)CN2)CCC1=O. The number of amides is 2. The van der Waals surface area contributed by atoms with Gasteiger partial charge in [0.2, 0.25) is 11.8 Å². The Balaban J connectivity index is 1.42. The number of halogens is 1. The van der Waals surface area contributed by atoms with Crippen molar-refractivity contribution >= 4 is 11.8 Å². The Kier molecular flexibility index (Phi) is 6.47. The van der Waals surface area contributed by atoms with Crippen LogP contribution in [-0.2, 0) is 9.59 Å². The molecule has 0 aromatic carbocycles. The molecule has 26 heavy (non-hydrogen) atoms. The Labute approximate surface area is 155 Å². The van der Waals surface area contributed by atoms with Crippen LogP contribution in [0.15, 0.2) is 0 Å². The van der Waals surface area contributed by atoms with Gasteiger partial charge in [-0.05, 0) is 52.0 Å². The summed E-state index contributed by atoms with van der Waals surface area (Å²) in [6.07, 6.45) is 5.46. The number of nitrogens with one attached hydrogen (secondary N) is 3. The number of hydrogen-bond donors (Lipinski definition) is 3. The van der Waals surface area contributed by atoms with Gasteiger partial charge in [0, 0.05) is 32.1 Å². The Morgan fingerprint density at radius 1 is 1.23 bits per heavy atom. The molecular weight excluding hydrogens is 337 g/mol. The molecule has 3 aliphatic rings. The Bertz CT molecular complexity index is 512. The molecule has 2 heterocycles. The average molecular weight is 369 g/mol. The second kappa shape index (κ2) is 8.63. The highest BCUT2D eigenvalue weighted by atomic mass is 19.1. The monoisotopic (exact) mass is 369 g/mol. The van der Waals surface area contributed by atoms with Gasteiger partial charge in [0.1, 0.15) is 12.2 Å². The van der Waals surface area contributed by atoms with Gasteiger partial charge in [-0.1, -0.05) is 0 Å². The van der Waals surface area contributed by atoms with Crippen LogP contribution in [0.4, 0.5) is 4.39 Å². The van der Waals surface area contributed by atoms with Gasteiger partial charge in [0.15, 0.2) is 0 Å². The molecule has 5 atom stereocenters.